The SMILES string of the molecule is CC(C)CN1NC(Nc2cnccc2C(=O)O)c2cc(F)ccc21. The summed E-state index contributed by atoms with van der Waals surface area (Å²) in [4.78, 5) is 15.3. The zero-order valence-electron chi connectivity index (χ0n) is 13.5. The van der Waals surface area contributed by atoms with Gasteiger partial charge in [0.05, 0.1) is 23.1 Å². The molecule has 0 fully saturated rings. The number of nitrogens with zero attached hydrogens (tertiary/aromatic N) is 2. The van der Waals surface area contributed by atoms with E-state index in [4.69, 9.17) is 0 Å². The van der Waals surface area contributed by atoms with E-state index in [2.05, 4.69) is 29.6 Å². The topological polar surface area (TPSA) is 77.5 Å². The molecule has 0 saturated carbocycles. The highest BCUT2D eigenvalue weighted by Gasteiger charge is 2.29. The molecule has 1 aromatic carbocycles. The molecule has 0 bridgehead atoms. The summed E-state index contributed by atoms with van der Waals surface area (Å²) in [5.74, 6) is -0.975. The molecule has 1 aliphatic heterocycles. The lowest BCUT2D eigenvalue weighted by molar-refractivity contribution is 0.0697. The summed E-state index contributed by atoms with van der Waals surface area (Å²) >= 11 is 0. The van der Waals surface area contributed by atoms with Crippen LogP contribution in [0.25, 0.3) is 0 Å². The van der Waals surface area contributed by atoms with Gasteiger partial charge in [-0.3, -0.25) is 4.98 Å². The first-order valence-electron chi connectivity index (χ1n) is 7.72. The van der Waals surface area contributed by atoms with Crippen molar-refractivity contribution in [2.24, 2.45) is 5.92 Å². The van der Waals surface area contributed by atoms with Gasteiger partial charge in [-0.05, 0) is 30.2 Å². The maximum atomic E-state index is 13.7. The first kappa shape index (κ1) is 16.2. The number of hydrogen-bond acceptors (Lipinski definition) is 5. The average Bonchev–Trinajstić information content (AvgIpc) is 2.84. The van der Waals surface area contributed by atoms with Crippen LogP contribution < -0.4 is 15.8 Å². The van der Waals surface area contributed by atoms with Gasteiger partial charge in [-0.25, -0.2) is 14.6 Å². The fourth-order valence-electron chi connectivity index (χ4n) is 2.78. The Morgan fingerprint density at radius 1 is 1.46 bits per heavy atom. The van der Waals surface area contributed by atoms with E-state index in [1.165, 1.54) is 30.6 Å². The molecule has 1 atom stereocenters. The number of carboxylic acids is 1. The van der Waals surface area contributed by atoms with Gasteiger partial charge in [-0.15, -0.1) is 0 Å². The third-order valence-electron chi connectivity index (χ3n) is 3.78. The lowest BCUT2D eigenvalue weighted by Crippen LogP contribution is -2.39. The number of fused-ring (bicyclic) bond motifs is 1. The Balaban J connectivity index is 1.93. The molecule has 0 spiro atoms. The molecule has 6 nitrogen and oxygen atoms in total. The number of hydrazine groups is 1. The summed E-state index contributed by atoms with van der Waals surface area (Å²) in [6.45, 7) is 4.93. The maximum Gasteiger partial charge on any atom is 0.337 e. The van der Waals surface area contributed by atoms with Gasteiger partial charge >= 0.3 is 5.97 Å². The average molecular weight is 330 g/mol. The second-order valence-electron chi connectivity index (χ2n) is 6.14. The molecule has 1 aliphatic rings. The molecular formula is C17H19FN4O2. The Bertz CT molecular complexity index is 766. The molecule has 0 saturated heterocycles. The number of carbonyl (C=O) groups is 1. The molecule has 3 rings (SSSR count). The molecule has 7 heteroatoms. The summed E-state index contributed by atoms with van der Waals surface area (Å²) in [5.41, 5.74) is 5.37. The van der Waals surface area contributed by atoms with Crippen LogP contribution in [0, 0.1) is 11.7 Å². The van der Waals surface area contributed by atoms with E-state index in [0.29, 0.717) is 11.6 Å². The standard InChI is InChI=1S/C17H19FN4O2/c1-10(2)9-22-15-4-3-11(18)7-13(15)16(21-22)20-14-8-19-6-5-12(14)17(23)24/h3-8,10,16,20-21H,9H2,1-2H3,(H,23,24). The molecule has 24 heavy (non-hydrogen) atoms. The number of rotatable bonds is 5. The van der Waals surface area contributed by atoms with Crippen molar-refractivity contribution < 1.29 is 14.3 Å². The number of benzene rings is 1. The van der Waals surface area contributed by atoms with Gasteiger partial charge in [-0.1, -0.05) is 13.8 Å². The summed E-state index contributed by atoms with van der Waals surface area (Å²) in [6, 6.07) is 6.03. The number of halogens is 1. The van der Waals surface area contributed by atoms with Crippen molar-refractivity contribution in [3.05, 3.63) is 53.6 Å². The second kappa shape index (κ2) is 6.45. The van der Waals surface area contributed by atoms with Crippen molar-refractivity contribution >= 4 is 17.3 Å². The Morgan fingerprint density at radius 3 is 2.96 bits per heavy atom. The Morgan fingerprint density at radius 2 is 2.25 bits per heavy atom. The van der Waals surface area contributed by atoms with Crippen LogP contribution in [-0.2, 0) is 0 Å². The van der Waals surface area contributed by atoms with E-state index < -0.39 is 12.1 Å². The second-order valence-corrected chi connectivity index (χ2v) is 6.14. The molecule has 1 aromatic heterocycles. The number of hydrogen-bond donors (Lipinski definition) is 3. The van der Waals surface area contributed by atoms with Crippen LogP contribution in [0.1, 0.15) is 35.9 Å². The fraction of sp³-hybridized carbons (Fsp3) is 0.294. The lowest BCUT2D eigenvalue weighted by Gasteiger charge is -2.23. The first-order chi connectivity index (χ1) is 11.5. The van der Waals surface area contributed by atoms with Crippen molar-refractivity contribution in [3.8, 4) is 0 Å². The zero-order valence-corrected chi connectivity index (χ0v) is 13.5. The minimum absolute atomic E-state index is 0.118. The number of pyridine rings is 1. The summed E-state index contributed by atoms with van der Waals surface area (Å²) in [5, 5.41) is 14.4. The number of nitrogens with one attached hydrogen (secondary N) is 2. The molecule has 3 N–H and O–H groups in total. The van der Waals surface area contributed by atoms with Crippen molar-refractivity contribution in [2.45, 2.75) is 20.0 Å². The van der Waals surface area contributed by atoms with Gasteiger partial charge in [0.2, 0.25) is 0 Å². The predicted molar refractivity (Wildman–Crippen MR) is 89.3 cm³/mol. The van der Waals surface area contributed by atoms with Crippen LogP contribution in [0.2, 0.25) is 0 Å². The predicted octanol–water partition coefficient (Wildman–Crippen LogP) is 3.01. The normalized spacial score (nSPS) is 16.3. The summed E-state index contributed by atoms with van der Waals surface area (Å²) < 4.78 is 13.7. The molecule has 1 unspecified atom stereocenters. The smallest absolute Gasteiger partial charge is 0.337 e. The van der Waals surface area contributed by atoms with Crippen molar-refractivity contribution in [3.63, 3.8) is 0 Å². The highest BCUT2D eigenvalue weighted by Crippen LogP contribution is 2.34. The van der Waals surface area contributed by atoms with Crippen LogP contribution in [0.3, 0.4) is 0 Å². The van der Waals surface area contributed by atoms with Gasteiger partial charge in [0.25, 0.3) is 0 Å². The van der Waals surface area contributed by atoms with Crippen molar-refractivity contribution in [1.29, 1.82) is 0 Å². The number of carboxylic acid groups (broad SMARTS) is 1. The number of aromatic carboxylic acids is 1. The minimum Gasteiger partial charge on any atom is -0.478 e. The van der Waals surface area contributed by atoms with Gasteiger partial charge in [-0.2, -0.15) is 0 Å². The number of anilines is 2. The Labute approximate surface area is 139 Å². The van der Waals surface area contributed by atoms with E-state index in [1.54, 1.807) is 6.07 Å². The van der Waals surface area contributed by atoms with Crippen molar-refractivity contribution in [1.82, 2.24) is 10.4 Å². The molecule has 2 aromatic rings. The monoisotopic (exact) mass is 330 g/mol. The van der Waals surface area contributed by atoms with Crippen molar-refractivity contribution in [2.75, 3.05) is 16.9 Å². The minimum atomic E-state index is -1.05. The number of aromatic nitrogens is 1. The quantitative estimate of drug-likeness (QED) is 0.782. The summed E-state index contributed by atoms with van der Waals surface area (Å²) in [6.07, 6.45) is 2.45. The van der Waals surface area contributed by atoms with Gasteiger partial charge < -0.3 is 15.4 Å². The van der Waals surface area contributed by atoms with E-state index in [-0.39, 0.29) is 11.4 Å². The van der Waals surface area contributed by atoms with Crippen LogP contribution in [0.15, 0.2) is 36.7 Å². The van der Waals surface area contributed by atoms with Crippen LogP contribution >= 0.6 is 0 Å². The van der Waals surface area contributed by atoms with Crippen LogP contribution in [0.4, 0.5) is 15.8 Å². The van der Waals surface area contributed by atoms with Gasteiger partial charge in [0.15, 0.2) is 0 Å². The van der Waals surface area contributed by atoms with E-state index >= 15 is 0 Å². The van der Waals surface area contributed by atoms with E-state index in [9.17, 15) is 14.3 Å². The molecule has 0 aliphatic carbocycles. The third kappa shape index (κ3) is 3.16. The Hall–Kier alpha value is -2.67. The molecule has 0 amide bonds. The molecule has 2 heterocycles. The zero-order chi connectivity index (χ0) is 17.3. The lowest BCUT2D eigenvalue weighted by atomic mass is 10.1. The highest BCUT2D eigenvalue weighted by molar-refractivity contribution is 5.94. The molecule has 0 radical (unpaired) electrons. The largest absolute Gasteiger partial charge is 0.478 e. The van der Waals surface area contributed by atoms with Crippen LogP contribution in [-0.4, -0.2) is 22.6 Å². The van der Waals surface area contributed by atoms with E-state index in [1.807, 2.05) is 5.01 Å². The molecular weight excluding hydrogens is 311 g/mol. The van der Waals surface area contributed by atoms with E-state index in [0.717, 1.165) is 17.8 Å². The van der Waals surface area contributed by atoms with Crippen LogP contribution in [0.5, 0.6) is 0 Å². The third-order valence-corrected chi connectivity index (χ3v) is 3.78. The van der Waals surface area contributed by atoms with Gasteiger partial charge in [0.1, 0.15) is 12.0 Å². The maximum absolute atomic E-state index is 13.7. The fourth-order valence-corrected chi connectivity index (χ4v) is 2.78. The highest BCUT2D eigenvalue weighted by atomic mass is 19.1. The Kier molecular flexibility index (Phi) is 4.35. The van der Waals surface area contributed by atoms with Gasteiger partial charge in [0, 0.05) is 18.3 Å². The first-order valence-corrected chi connectivity index (χ1v) is 7.72. The summed E-state index contributed by atoms with van der Waals surface area (Å²) in [7, 11) is 0. The molecule has 126 valence electrons.